The van der Waals surface area contributed by atoms with Crippen molar-refractivity contribution < 1.29 is 8.85 Å². The highest BCUT2D eigenvalue weighted by Gasteiger charge is 2.02. The number of hydrogen-bond acceptors (Lipinski definition) is 2. The third kappa shape index (κ3) is 4.58. The summed E-state index contributed by atoms with van der Waals surface area (Å²) in [6.07, 6.45) is 0. The maximum absolute atomic E-state index is 4.97. The summed E-state index contributed by atoms with van der Waals surface area (Å²) >= 11 is 0. The Morgan fingerprint density at radius 2 is 1.62 bits per heavy atom. The topological polar surface area (TPSA) is 18.5 Å². The molecule has 0 bridgehead atoms. The number of rotatable bonds is 3. The van der Waals surface area contributed by atoms with Gasteiger partial charge < -0.3 is 8.85 Å². The number of halogens is 1. The molecule has 0 radical (unpaired) electrons. The maximum Gasteiger partial charge on any atom is 0.320 e. The molecule has 0 aromatic heterocycles. The Morgan fingerprint density at radius 1 is 1.25 bits per heavy atom. The van der Waals surface area contributed by atoms with Crippen molar-refractivity contribution in [1.29, 1.82) is 0 Å². The van der Waals surface area contributed by atoms with Crippen LogP contribution in [0.3, 0.4) is 0 Å². The summed E-state index contributed by atoms with van der Waals surface area (Å²) in [7, 11) is 2.23. The quantitative estimate of drug-likeness (QED) is 0.567. The first kappa shape index (κ1) is 11.3. The Bertz CT molecular complexity index is 35.5. The molecule has 0 fully saturated rings. The van der Waals surface area contributed by atoms with E-state index in [-0.39, 0.29) is 12.4 Å². The lowest BCUT2D eigenvalue weighted by atomic mass is 11.0. The molecule has 0 saturated heterocycles. The summed E-state index contributed by atoms with van der Waals surface area (Å²) in [5.74, 6) is 0. The lowest BCUT2D eigenvalue weighted by Crippen LogP contribution is -2.16. The molecule has 0 atom stereocenters. The fourth-order valence-electron chi connectivity index (χ4n) is 0.430. The highest BCUT2D eigenvalue weighted by molar-refractivity contribution is 6.44. The van der Waals surface area contributed by atoms with Crippen molar-refractivity contribution in [2.45, 2.75) is 13.0 Å². The third-order valence-corrected chi connectivity index (χ3v) is 2.58. The van der Waals surface area contributed by atoms with Crippen molar-refractivity contribution in [2.24, 2.45) is 0 Å². The molecule has 0 aliphatic heterocycles. The van der Waals surface area contributed by atoms with Gasteiger partial charge in [0.15, 0.2) is 0 Å². The minimum atomic E-state index is -1.17. The molecule has 0 unspecified atom stereocenters. The molecule has 4 heteroatoms. The van der Waals surface area contributed by atoms with Crippen molar-refractivity contribution in [3.63, 3.8) is 0 Å². The lowest BCUT2D eigenvalue weighted by molar-refractivity contribution is 0.279. The smallest absolute Gasteiger partial charge is 0.320 e. The van der Waals surface area contributed by atoms with Gasteiger partial charge in [0.1, 0.15) is 0 Å². The second-order valence-corrected chi connectivity index (χ2v) is 3.93. The van der Waals surface area contributed by atoms with Gasteiger partial charge in [0, 0.05) is 14.2 Å². The van der Waals surface area contributed by atoms with Crippen molar-refractivity contribution >= 4 is 21.7 Å². The van der Waals surface area contributed by atoms with E-state index in [1.165, 1.54) is 0 Å². The molecule has 0 rings (SSSR count). The molecule has 0 amide bonds. The highest BCUT2D eigenvalue weighted by atomic mass is 35.5. The molecule has 2 nitrogen and oxygen atoms in total. The van der Waals surface area contributed by atoms with Crippen LogP contribution in [-0.4, -0.2) is 23.5 Å². The molecule has 52 valence electrons. The van der Waals surface area contributed by atoms with E-state index < -0.39 is 9.28 Å². The van der Waals surface area contributed by atoms with Gasteiger partial charge in [-0.25, -0.2) is 0 Å². The SMILES string of the molecule is CC[SiH](OC)OC.Cl. The minimum Gasteiger partial charge on any atom is -0.400 e. The van der Waals surface area contributed by atoms with Gasteiger partial charge >= 0.3 is 9.28 Å². The third-order valence-electron chi connectivity index (χ3n) is 0.859. The van der Waals surface area contributed by atoms with Crippen LogP contribution in [0.15, 0.2) is 0 Å². The minimum absolute atomic E-state index is 0. The van der Waals surface area contributed by atoms with Crippen LogP contribution in [0.25, 0.3) is 0 Å². The summed E-state index contributed by atoms with van der Waals surface area (Å²) in [4.78, 5) is 0. The van der Waals surface area contributed by atoms with E-state index in [0.717, 1.165) is 6.04 Å². The summed E-state index contributed by atoms with van der Waals surface area (Å²) in [6.45, 7) is 2.07. The fourth-order valence-corrected chi connectivity index (χ4v) is 1.29. The van der Waals surface area contributed by atoms with Crippen LogP contribution >= 0.6 is 12.4 Å². The normalized spacial score (nSPS) is 9.00. The first-order chi connectivity index (χ1) is 3.35. The predicted octanol–water partition coefficient (Wildman–Crippen LogP) is 0.941. The standard InChI is InChI=1S/C4H12O2Si.ClH/c1-4-7(5-2)6-3;/h7H,4H2,1-3H3;1H. The van der Waals surface area contributed by atoms with Gasteiger partial charge in [-0.2, -0.15) is 0 Å². The summed E-state index contributed by atoms with van der Waals surface area (Å²) in [6, 6.07) is 1.05. The molecule has 0 saturated carbocycles. The van der Waals surface area contributed by atoms with Crippen molar-refractivity contribution in [2.75, 3.05) is 14.2 Å². The molecule has 0 N–H and O–H groups in total. The second-order valence-electron chi connectivity index (χ2n) is 1.31. The van der Waals surface area contributed by atoms with Crippen molar-refractivity contribution in [3.05, 3.63) is 0 Å². The fraction of sp³-hybridized carbons (Fsp3) is 1.00. The predicted molar refractivity (Wildman–Crippen MR) is 38.9 cm³/mol. The molecule has 0 spiro atoms. The van der Waals surface area contributed by atoms with E-state index >= 15 is 0 Å². The Morgan fingerprint density at radius 3 is 1.62 bits per heavy atom. The molecular formula is C4H13ClO2Si. The Hall–Kier alpha value is 0.427. The van der Waals surface area contributed by atoms with Crippen LogP contribution in [0.5, 0.6) is 0 Å². The van der Waals surface area contributed by atoms with Crippen molar-refractivity contribution in [1.82, 2.24) is 0 Å². The summed E-state index contributed by atoms with van der Waals surface area (Å²) < 4.78 is 9.93. The van der Waals surface area contributed by atoms with Crippen molar-refractivity contribution in [3.8, 4) is 0 Å². The largest absolute Gasteiger partial charge is 0.400 e. The number of hydrogen-bond donors (Lipinski definition) is 0. The van der Waals surface area contributed by atoms with Gasteiger partial charge in [0.05, 0.1) is 0 Å². The second kappa shape index (κ2) is 7.43. The van der Waals surface area contributed by atoms with Crippen LogP contribution in [0.4, 0.5) is 0 Å². The summed E-state index contributed by atoms with van der Waals surface area (Å²) in [5.41, 5.74) is 0. The van der Waals surface area contributed by atoms with Gasteiger partial charge in [0.2, 0.25) is 0 Å². The molecule has 8 heavy (non-hydrogen) atoms. The monoisotopic (exact) mass is 156 g/mol. The van der Waals surface area contributed by atoms with E-state index in [4.69, 9.17) is 8.85 Å². The average Bonchev–Trinajstić information content (AvgIpc) is 1.72. The molecular weight excluding hydrogens is 144 g/mol. The Kier molecular flexibility index (Phi) is 10.4. The van der Waals surface area contributed by atoms with Crippen LogP contribution in [0.2, 0.25) is 6.04 Å². The molecule has 0 aliphatic rings. The first-order valence-corrected chi connectivity index (χ1v) is 4.16. The van der Waals surface area contributed by atoms with Gasteiger partial charge in [-0.3, -0.25) is 0 Å². The van der Waals surface area contributed by atoms with Gasteiger partial charge in [-0.1, -0.05) is 6.92 Å². The molecule has 0 aliphatic carbocycles. The van der Waals surface area contributed by atoms with Crippen LogP contribution < -0.4 is 0 Å². The van der Waals surface area contributed by atoms with E-state index in [1.54, 1.807) is 14.2 Å². The van der Waals surface area contributed by atoms with Gasteiger partial charge in [0.25, 0.3) is 0 Å². The Balaban J connectivity index is 0. The van der Waals surface area contributed by atoms with E-state index in [1.807, 2.05) is 0 Å². The van der Waals surface area contributed by atoms with E-state index in [2.05, 4.69) is 6.92 Å². The van der Waals surface area contributed by atoms with Gasteiger partial charge in [-0.15, -0.1) is 12.4 Å². The van der Waals surface area contributed by atoms with Crippen LogP contribution in [0, 0.1) is 0 Å². The summed E-state index contributed by atoms with van der Waals surface area (Å²) in [5, 5.41) is 0. The van der Waals surface area contributed by atoms with Crippen LogP contribution in [-0.2, 0) is 8.85 Å². The zero-order valence-corrected chi connectivity index (χ0v) is 7.48. The average molecular weight is 157 g/mol. The maximum atomic E-state index is 4.97. The molecule has 0 aromatic rings. The zero-order valence-electron chi connectivity index (χ0n) is 5.51. The highest BCUT2D eigenvalue weighted by Crippen LogP contribution is 1.89. The lowest BCUT2D eigenvalue weighted by Gasteiger charge is -2.05. The molecule has 0 aromatic carbocycles. The molecule has 0 heterocycles. The zero-order chi connectivity index (χ0) is 5.70. The van der Waals surface area contributed by atoms with Crippen LogP contribution in [0.1, 0.15) is 6.92 Å². The van der Waals surface area contributed by atoms with E-state index in [9.17, 15) is 0 Å². The van der Waals surface area contributed by atoms with Gasteiger partial charge in [-0.05, 0) is 6.04 Å². The Labute approximate surface area is 58.4 Å². The van der Waals surface area contributed by atoms with E-state index in [0.29, 0.717) is 0 Å². The first-order valence-electron chi connectivity index (χ1n) is 2.40.